The van der Waals surface area contributed by atoms with Gasteiger partial charge in [0, 0.05) is 23.7 Å². The summed E-state index contributed by atoms with van der Waals surface area (Å²) in [6.07, 6.45) is 4.92. The summed E-state index contributed by atoms with van der Waals surface area (Å²) >= 11 is 1.77. The molecule has 2 aromatic rings. The first kappa shape index (κ1) is 12.3. The average molecular weight is 250 g/mol. The number of aryl methyl sites for hydroxylation is 3. The number of thiazole rings is 1. The number of nitrogens with zero attached hydrogens (tertiary/aromatic N) is 3. The average Bonchev–Trinajstić information content (AvgIpc) is 2.87. The minimum absolute atomic E-state index is 0.146. The Morgan fingerprint density at radius 3 is 2.76 bits per heavy atom. The van der Waals surface area contributed by atoms with Gasteiger partial charge in [0.1, 0.15) is 5.01 Å². The third-order valence-corrected chi connectivity index (χ3v) is 3.92. The first-order valence-electron chi connectivity index (χ1n) is 5.77. The van der Waals surface area contributed by atoms with Crippen LogP contribution in [0.2, 0.25) is 0 Å². The van der Waals surface area contributed by atoms with E-state index >= 15 is 0 Å². The van der Waals surface area contributed by atoms with E-state index in [-0.39, 0.29) is 6.04 Å². The molecule has 0 aliphatic heterocycles. The quantitative estimate of drug-likeness (QED) is 0.903. The highest BCUT2D eigenvalue weighted by atomic mass is 32.1. The van der Waals surface area contributed by atoms with Gasteiger partial charge in [-0.2, -0.15) is 5.10 Å². The molecular formula is C12H18N4S. The van der Waals surface area contributed by atoms with Gasteiger partial charge in [-0.1, -0.05) is 6.92 Å². The predicted octanol–water partition coefficient (Wildman–Crippen LogP) is 2.06. The van der Waals surface area contributed by atoms with Gasteiger partial charge in [-0.3, -0.25) is 4.68 Å². The number of rotatable bonds is 4. The van der Waals surface area contributed by atoms with E-state index in [9.17, 15) is 0 Å². The normalized spacial score (nSPS) is 12.9. The maximum atomic E-state index is 4.70. The summed E-state index contributed by atoms with van der Waals surface area (Å²) in [5.41, 5.74) is 2.36. The van der Waals surface area contributed by atoms with Crippen molar-refractivity contribution >= 4 is 11.3 Å². The van der Waals surface area contributed by atoms with E-state index in [1.165, 1.54) is 10.6 Å². The topological polar surface area (TPSA) is 42.7 Å². The van der Waals surface area contributed by atoms with Crippen molar-refractivity contribution in [2.45, 2.75) is 26.3 Å². The molecule has 1 atom stereocenters. The first-order chi connectivity index (χ1) is 8.15. The standard InChI is InChI=1S/C12H18N4S/c1-5-10-8(2)17-12(15-10)11(13-3)9-6-14-16(4)7-9/h6-7,11,13H,5H2,1-4H3. The molecule has 2 heterocycles. The van der Waals surface area contributed by atoms with Gasteiger partial charge in [0.05, 0.1) is 17.9 Å². The van der Waals surface area contributed by atoms with Crippen LogP contribution in [0, 0.1) is 6.92 Å². The summed E-state index contributed by atoms with van der Waals surface area (Å²) in [6, 6.07) is 0.146. The molecule has 92 valence electrons. The first-order valence-corrected chi connectivity index (χ1v) is 6.59. The molecule has 0 radical (unpaired) electrons. The Morgan fingerprint density at radius 1 is 1.53 bits per heavy atom. The zero-order valence-corrected chi connectivity index (χ0v) is 11.5. The van der Waals surface area contributed by atoms with Gasteiger partial charge >= 0.3 is 0 Å². The SMILES string of the molecule is CCc1nc(C(NC)c2cnn(C)c2)sc1C. The zero-order chi connectivity index (χ0) is 12.4. The Balaban J connectivity index is 2.34. The molecule has 2 aromatic heterocycles. The second-order valence-electron chi connectivity index (χ2n) is 4.08. The van der Waals surface area contributed by atoms with Crippen LogP contribution in [0.5, 0.6) is 0 Å². The van der Waals surface area contributed by atoms with E-state index in [4.69, 9.17) is 4.98 Å². The Kier molecular flexibility index (Phi) is 3.59. The van der Waals surface area contributed by atoms with Crippen molar-refractivity contribution in [3.63, 3.8) is 0 Å². The monoisotopic (exact) mass is 250 g/mol. The third-order valence-electron chi connectivity index (χ3n) is 2.84. The molecule has 0 saturated carbocycles. The van der Waals surface area contributed by atoms with Gasteiger partial charge in [0.25, 0.3) is 0 Å². The summed E-state index contributed by atoms with van der Waals surface area (Å²) in [7, 11) is 3.89. The fraction of sp³-hybridized carbons (Fsp3) is 0.500. The molecule has 0 aliphatic carbocycles. The van der Waals surface area contributed by atoms with E-state index in [2.05, 4.69) is 24.3 Å². The third kappa shape index (κ3) is 2.40. The van der Waals surface area contributed by atoms with Crippen LogP contribution in [0.4, 0.5) is 0 Å². The van der Waals surface area contributed by atoms with Gasteiger partial charge in [0.2, 0.25) is 0 Å². The molecule has 1 unspecified atom stereocenters. The Hall–Kier alpha value is -1.20. The molecule has 0 saturated heterocycles. The van der Waals surface area contributed by atoms with Crippen molar-refractivity contribution in [2.75, 3.05) is 7.05 Å². The van der Waals surface area contributed by atoms with E-state index in [0.717, 1.165) is 17.0 Å². The maximum Gasteiger partial charge on any atom is 0.115 e. The lowest BCUT2D eigenvalue weighted by molar-refractivity contribution is 0.681. The van der Waals surface area contributed by atoms with Crippen LogP contribution in [-0.2, 0) is 13.5 Å². The van der Waals surface area contributed by atoms with Crippen molar-refractivity contribution in [1.29, 1.82) is 0 Å². The minimum atomic E-state index is 0.146. The van der Waals surface area contributed by atoms with Gasteiger partial charge < -0.3 is 5.32 Å². The zero-order valence-electron chi connectivity index (χ0n) is 10.7. The van der Waals surface area contributed by atoms with Gasteiger partial charge in [-0.05, 0) is 20.4 Å². The molecule has 4 nitrogen and oxygen atoms in total. The van der Waals surface area contributed by atoms with Gasteiger partial charge in [0.15, 0.2) is 0 Å². The fourth-order valence-electron chi connectivity index (χ4n) is 1.92. The molecule has 0 amide bonds. The highest BCUT2D eigenvalue weighted by Crippen LogP contribution is 2.27. The van der Waals surface area contributed by atoms with Crippen LogP contribution in [0.15, 0.2) is 12.4 Å². The van der Waals surface area contributed by atoms with Crippen LogP contribution >= 0.6 is 11.3 Å². The molecule has 17 heavy (non-hydrogen) atoms. The Morgan fingerprint density at radius 2 is 2.29 bits per heavy atom. The number of nitrogens with one attached hydrogen (secondary N) is 1. The summed E-state index contributed by atoms with van der Waals surface area (Å²) in [4.78, 5) is 6.02. The van der Waals surface area contributed by atoms with Crippen LogP contribution in [0.1, 0.15) is 34.1 Å². The lowest BCUT2D eigenvalue weighted by atomic mass is 10.2. The van der Waals surface area contributed by atoms with E-state index in [0.29, 0.717) is 0 Å². The van der Waals surface area contributed by atoms with Crippen molar-refractivity contribution in [2.24, 2.45) is 7.05 Å². The van der Waals surface area contributed by atoms with E-state index in [1.54, 1.807) is 11.3 Å². The minimum Gasteiger partial charge on any atom is -0.307 e. The molecule has 0 aromatic carbocycles. The van der Waals surface area contributed by atoms with Crippen molar-refractivity contribution in [1.82, 2.24) is 20.1 Å². The lowest BCUT2D eigenvalue weighted by Crippen LogP contribution is -2.17. The largest absolute Gasteiger partial charge is 0.307 e. The molecule has 0 spiro atoms. The summed E-state index contributed by atoms with van der Waals surface area (Å²) < 4.78 is 1.82. The predicted molar refractivity (Wildman–Crippen MR) is 70.3 cm³/mol. The van der Waals surface area contributed by atoms with Crippen molar-refractivity contribution in [3.8, 4) is 0 Å². The van der Waals surface area contributed by atoms with Crippen LogP contribution in [-0.4, -0.2) is 21.8 Å². The highest BCUT2D eigenvalue weighted by Gasteiger charge is 2.18. The van der Waals surface area contributed by atoms with Crippen LogP contribution < -0.4 is 5.32 Å². The second kappa shape index (κ2) is 4.98. The molecule has 0 aliphatic rings. The van der Waals surface area contributed by atoms with E-state index in [1.807, 2.05) is 31.2 Å². The van der Waals surface area contributed by atoms with Crippen LogP contribution in [0.25, 0.3) is 0 Å². The highest BCUT2D eigenvalue weighted by molar-refractivity contribution is 7.11. The summed E-state index contributed by atoms with van der Waals surface area (Å²) in [5, 5.41) is 8.64. The molecule has 0 fully saturated rings. The molecule has 0 bridgehead atoms. The fourth-order valence-corrected chi connectivity index (χ4v) is 3.07. The molecular weight excluding hydrogens is 232 g/mol. The van der Waals surface area contributed by atoms with Crippen molar-refractivity contribution < 1.29 is 0 Å². The summed E-state index contributed by atoms with van der Waals surface area (Å²) in [6.45, 7) is 4.28. The maximum absolute atomic E-state index is 4.70. The second-order valence-corrected chi connectivity index (χ2v) is 5.31. The van der Waals surface area contributed by atoms with E-state index < -0.39 is 0 Å². The Labute approximate surface area is 106 Å². The smallest absolute Gasteiger partial charge is 0.115 e. The molecule has 1 N–H and O–H groups in total. The lowest BCUT2D eigenvalue weighted by Gasteiger charge is -2.10. The Bertz CT molecular complexity index is 500. The van der Waals surface area contributed by atoms with Gasteiger partial charge in [-0.25, -0.2) is 4.98 Å². The van der Waals surface area contributed by atoms with Crippen LogP contribution in [0.3, 0.4) is 0 Å². The number of hydrogen-bond donors (Lipinski definition) is 1. The molecule has 5 heteroatoms. The van der Waals surface area contributed by atoms with Crippen molar-refractivity contribution in [3.05, 3.63) is 33.5 Å². The number of hydrogen-bond acceptors (Lipinski definition) is 4. The number of aromatic nitrogens is 3. The summed E-state index contributed by atoms with van der Waals surface area (Å²) in [5.74, 6) is 0. The molecule has 2 rings (SSSR count). The van der Waals surface area contributed by atoms with Gasteiger partial charge in [-0.15, -0.1) is 11.3 Å².